The molecule has 4 nitrogen and oxygen atoms in total. The fourth-order valence-corrected chi connectivity index (χ4v) is 6.29. The number of benzene rings is 5. The van der Waals surface area contributed by atoms with Crippen LogP contribution in [0.4, 0.5) is 0 Å². The summed E-state index contributed by atoms with van der Waals surface area (Å²) in [5.41, 5.74) is 13.2. The standard InChI is InChI=1S/C27H17N2O.C19H16N.Ir/c1-17-9-12-23-22-7-4-8-24(26(22)30-27(23)29-17)25-16-21(13-14-28-25)20-11-10-18-5-2-3-6-19(18)15-20;1-14-8-11-19(20-13-14)17-10-9-15(2)18(12-17)16-6-4-3-5-7-16;/h2-7,9-16H,1H3;3-9,11-13H,1-2H3;/q2*-1;. The van der Waals surface area contributed by atoms with Crippen LogP contribution in [0, 0.1) is 32.9 Å². The van der Waals surface area contributed by atoms with Crippen LogP contribution < -0.4 is 0 Å². The van der Waals surface area contributed by atoms with E-state index in [4.69, 9.17) is 4.42 Å². The van der Waals surface area contributed by atoms with Crippen LogP contribution in [0.25, 0.3) is 77.6 Å². The van der Waals surface area contributed by atoms with Crippen molar-refractivity contribution in [2.75, 3.05) is 0 Å². The molecule has 51 heavy (non-hydrogen) atoms. The maximum Gasteiger partial charge on any atom is 0.216 e. The molecule has 9 aromatic rings. The molecule has 0 atom stereocenters. The van der Waals surface area contributed by atoms with E-state index in [1.54, 1.807) is 0 Å². The van der Waals surface area contributed by atoms with Crippen molar-refractivity contribution >= 4 is 32.8 Å². The summed E-state index contributed by atoms with van der Waals surface area (Å²) in [7, 11) is 0. The molecule has 5 heteroatoms. The maximum atomic E-state index is 6.14. The molecule has 0 saturated heterocycles. The van der Waals surface area contributed by atoms with Gasteiger partial charge in [0.15, 0.2) is 0 Å². The van der Waals surface area contributed by atoms with Gasteiger partial charge < -0.3 is 14.4 Å². The first kappa shape index (κ1) is 33.7. The number of nitrogens with zero attached hydrogens (tertiary/aromatic N) is 3. The van der Waals surface area contributed by atoms with E-state index in [9.17, 15) is 0 Å². The molecule has 9 rings (SSSR count). The number of hydrogen-bond donors (Lipinski definition) is 0. The molecule has 0 bridgehead atoms. The number of aromatic nitrogens is 3. The summed E-state index contributed by atoms with van der Waals surface area (Å²) in [5.74, 6) is 0. The number of pyridine rings is 3. The van der Waals surface area contributed by atoms with Crippen LogP contribution >= 0.6 is 0 Å². The average molecular weight is 836 g/mol. The fraction of sp³-hybridized carbons (Fsp3) is 0.0652. The average Bonchev–Trinajstić information content (AvgIpc) is 3.54. The third-order valence-electron chi connectivity index (χ3n) is 8.97. The van der Waals surface area contributed by atoms with Gasteiger partial charge in [0.1, 0.15) is 0 Å². The third kappa shape index (κ3) is 7.00. The Bertz CT molecular complexity index is 2630. The fourth-order valence-electron chi connectivity index (χ4n) is 6.29. The van der Waals surface area contributed by atoms with E-state index in [0.717, 1.165) is 55.7 Å². The van der Waals surface area contributed by atoms with E-state index in [-0.39, 0.29) is 20.1 Å². The minimum Gasteiger partial charge on any atom is -0.486 e. The van der Waals surface area contributed by atoms with Crippen LogP contribution in [-0.4, -0.2) is 15.0 Å². The van der Waals surface area contributed by atoms with E-state index in [0.29, 0.717) is 5.71 Å². The Hall–Kier alpha value is -5.74. The molecule has 1 radical (unpaired) electrons. The Balaban J connectivity index is 0.000000169. The summed E-state index contributed by atoms with van der Waals surface area (Å²) in [6.07, 6.45) is 3.74. The van der Waals surface area contributed by atoms with Gasteiger partial charge in [-0.05, 0) is 82.5 Å². The zero-order valence-corrected chi connectivity index (χ0v) is 30.8. The predicted octanol–water partition coefficient (Wildman–Crippen LogP) is 11.8. The molecular formula is C46H33IrN3O-2. The van der Waals surface area contributed by atoms with Gasteiger partial charge in [-0.15, -0.1) is 47.5 Å². The van der Waals surface area contributed by atoms with Crippen molar-refractivity contribution in [3.63, 3.8) is 0 Å². The summed E-state index contributed by atoms with van der Waals surface area (Å²) in [4.78, 5) is 13.6. The van der Waals surface area contributed by atoms with Gasteiger partial charge in [-0.2, -0.15) is 0 Å². The van der Waals surface area contributed by atoms with Gasteiger partial charge >= 0.3 is 0 Å². The van der Waals surface area contributed by atoms with Gasteiger partial charge in [-0.3, -0.25) is 0 Å². The van der Waals surface area contributed by atoms with E-state index in [1.165, 1.54) is 33.0 Å². The first-order valence-corrected chi connectivity index (χ1v) is 16.7. The van der Waals surface area contributed by atoms with Crippen molar-refractivity contribution in [3.8, 4) is 44.8 Å². The monoisotopic (exact) mass is 836 g/mol. The van der Waals surface area contributed by atoms with Crippen LogP contribution in [0.5, 0.6) is 0 Å². The third-order valence-corrected chi connectivity index (χ3v) is 8.97. The van der Waals surface area contributed by atoms with Crippen molar-refractivity contribution in [3.05, 3.63) is 175 Å². The van der Waals surface area contributed by atoms with Gasteiger partial charge in [0.25, 0.3) is 0 Å². The van der Waals surface area contributed by atoms with E-state index in [1.807, 2.05) is 68.7 Å². The second-order valence-electron chi connectivity index (χ2n) is 12.5. The zero-order chi connectivity index (χ0) is 34.0. The maximum absolute atomic E-state index is 6.14. The smallest absolute Gasteiger partial charge is 0.216 e. The largest absolute Gasteiger partial charge is 0.486 e. The predicted molar refractivity (Wildman–Crippen MR) is 205 cm³/mol. The van der Waals surface area contributed by atoms with Crippen LogP contribution in [0.15, 0.2) is 150 Å². The van der Waals surface area contributed by atoms with Crippen LogP contribution in [0.3, 0.4) is 0 Å². The van der Waals surface area contributed by atoms with Crippen molar-refractivity contribution < 1.29 is 24.5 Å². The van der Waals surface area contributed by atoms with Gasteiger partial charge in [0, 0.05) is 43.6 Å². The van der Waals surface area contributed by atoms with E-state index >= 15 is 0 Å². The number of aryl methyl sites for hydroxylation is 3. The van der Waals surface area contributed by atoms with Crippen molar-refractivity contribution in [2.24, 2.45) is 0 Å². The summed E-state index contributed by atoms with van der Waals surface area (Å²) in [6, 6.07) is 52.5. The van der Waals surface area contributed by atoms with Gasteiger partial charge in [-0.1, -0.05) is 108 Å². The second kappa shape index (κ2) is 14.6. The Labute approximate surface area is 311 Å². The summed E-state index contributed by atoms with van der Waals surface area (Å²) >= 11 is 0. The quantitative estimate of drug-likeness (QED) is 0.166. The molecule has 0 aliphatic rings. The topological polar surface area (TPSA) is 51.8 Å². The summed E-state index contributed by atoms with van der Waals surface area (Å²) in [5, 5.41) is 4.50. The van der Waals surface area contributed by atoms with Crippen molar-refractivity contribution in [1.82, 2.24) is 15.0 Å². The molecule has 0 aliphatic carbocycles. The summed E-state index contributed by atoms with van der Waals surface area (Å²) in [6.45, 7) is 6.13. The second-order valence-corrected chi connectivity index (χ2v) is 12.5. The summed E-state index contributed by atoms with van der Waals surface area (Å²) < 4.78 is 6.14. The Morgan fingerprint density at radius 3 is 2.24 bits per heavy atom. The molecule has 0 unspecified atom stereocenters. The molecule has 0 amide bonds. The number of fused-ring (bicyclic) bond motifs is 4. The Morgan fingerprint density at radius 1 is 0.608 bits per heavy atom. The molecule has 0 aliphatic heterocycles. The molecule has 0 fully saturated rings. The van der Waals surface area contributed by atoms with Crippen molar-refractivity contribution in [2.45, 2.75) is 20.8 Å². The normalized spacial score (nSPS) is 10.9. The van der Waals surface area contributed by atoms with Gasteiger partial charge in [-0.25, -0.2) is 4.98 Å². The zero-order valence-electron chi connectivity index (χ0n) is 28.4. The molecule has 0 N–H and O–H groups in total. The van der Waals surface area contributed by atoms with Crippen LogP contribution in [-0.2, 0) is 20.1 Å². The van der Waals surface area contributed by atoms with Gasteiger partial charge in [0.2, 0.25) is 5.71 Å². The molecule has 249 valence electrons. The minimum atomic E-state index is 0. The molecule has 4 aromatic heterocycles. The molecule has 0 spiro atoms. The minimum absolute atomic E-state index is 0. The van der Waals surface area contributed by atoms with Gasteiger partial charge in [0.05, 0.1) is 5.58 Å². The van der Waals surface area contributed by atoms with Crippen LogP contribution in [0.2, 0.25) is 0 Å². The van der Waals surface area contributed by atoms with E-state index in [2.05, 4.69) is 125 Å². The molecule has 5 aromatic carbocycles. The number of furan rings is 1. The first-order chi connectivity index (χ1) is 24.5. The molecule has 4 heterocycles. The molecule has 0 saturated carbocycles. The SMILES string of the molecule is Cc1ccc(-c2[c-]cc(C)c(-c3ccccc3)c2)nc1.Cc1ccc2c(n1)oc1c(-c3cc(-c4ccc5ccccc5c4)ccn3)[c-]ccc12.[Ir]. The first-order valence-electron chi connectivity index (χ1n) is 16.7. The Morgan fingerprint density at radius 2 is 1.41 bits per heavy atom. The van der Waals surface area contributed by atoms with E-state index < -0.39 is 0 Å². The van der Waals surface area contributed by atoms with Crippen molar-refractivity contribution in [1.29, 1.82) is 0 Å². The Kier molecular flexibility index (Phi) is 9.67. The number of hydrogen-bond acceptors (Lipinski definition) is 4. The van der Waals surface area contributed by atoms with Crippen LogP contribution in [0.1, 0.15) is 16.8 Å². The number of rotatable bonds is 4. The molecular weight excluding hydrogens is 803 g/mol.